The van der Waals surface area contributed by atoms with Gasteiger partial charge in [0.25, 0.3) is 0 Å². The number of nitrogens with one attached hydrogen (secondary N) is 1. The molecule has 0 rings (SSSR count). The molecule has 8 nitrogen and oxygen atoms in total. The van der Waals surface area contributed by atoms with Crippen LogP contribution in [0.25, 0.3) is 0 Å². The van der Waals surface area contributed by atoms with Gasteiger partial charge in [0.05, 0.1) is 0 Å². The molecule has 0 saturated heterocycles. The lowest BCUT2D eigenvalue weighted by molar-refractivity contribution is -0.138. The highest BCUT2D eigenvalue weighted by atomic mass is 16.4. The van der Waals surface area contributed by atoms with Gasteiger partial charge < -0.3 is 10.8 Å². The van der Waals surface area contributed by atoms with Gasteiger partial charge in [-0.2, -0.15) is 4.99 Å². The second-order valence-electron chi connectivity index (χ2n) is 2.75. The van der Waals surface area contributed by atoms with Crippen LogP contribution in [0.3, 0.4) is 0 Å². The van der Waals surface area contributed by atoms with Crippen LogP contribution in [-0.4, -0.2) is 42.1 Å². The van der Waals surface area contributed by atoms with E-state index in [2.05, 4.69) is 15.3 Å². The Bertz CT molecular complexity index is 320. The first kappa shape index (κ1) is 13.8. The number of nitrogens with two attached hydrogens (primary N) is 1. The van der Waals surface area contributed by atoms with Gasteiger partial charge in [0.2, 0.25) is 12.5 Å². The predicted octanol–water partition coefficient (Wildman–Crippen LogP) is -1.38. The highest BCUT2D eigenvalue weighted by Crippen LogP contribution is 2.01. The quantitative estimate of drug-likeness (QED) is 0.162. The molecule has 0 heterocycles. The van der Waals surface area contributed by atoms with Crippen LogP contribution in [0.2, 0.25) is 0 Å². The monoisotopic (exact) mass is 228 g/mol. The summed E-state index contributed by atoms with van der Waals surface area (Å²) in [4.78, 5) is 37.2. The number of amides is 1. The molecule has 88 valence electrons. The molecule has 0 aliphatic rings. The zero-order valence-corrected chi connectivity index (χ0v) is 8.42. The molecule has 1 amide bonds. The fraction of sp³-hybridized carbons (Fsp3) is 0.500. The molecule has 1 unspecified atom stereocenters. The molecule has 0 aromatic heterocycles. The summed E-state index contributed by atoms with van der Waals surface area (Å²) in [6.07, 6.45) is 2.11. The van der Waals surface area contributed by atoms with Crippen molar-refractivity contribution in [2.75, 3.05) is 6.54 Å². The molecule has 0 aliphatic carbocycles. The summed E-state index contributed by atoms with van der Waals surface area (Å²) < 4.78 is 0. The Morgan fingerprint density at radius 1 is 1.62 bits per heavy atom. The lowest BCUT2D eigenvalue weighted by Gasteiger charge is -2.03. The van der Waals surface area contributed by atoms with Crippen LogP contribution >= 0.6 is 0 Å². The van der Waals surface area contributed by atoms with E-state index >= 15 is 0 Å². The molecule has 1 atom stereocenters. The topological polar surface area (TPSA) is 134 Å². The lowest BCUT2D eigenvalue weighted by atomic mass is 10.2. The number of isocyanates is 1. The number of carboxylic acid groups (broad SMARTS) is 1. The van der Waals surface area contributed by atoms with Crippen LogP contribution in [0.1, 0.15) is 12.8 Å². The second-order valence-corrected chi connectivity index (χ2v) is 2.75. The van der Waals surface area contributed by atoms with Crippen LogP contribution in [0.15, 0.2) is 9.98 Å². The fourth-order valence-corrected chi connectivity index (χ4v) is 0.897. The smallest absolute Gasteiger partial charge is 0.329 e. The summed E-state index contributed by atoms with van der Waals surface area (Å²) in [6, 6.07) is -1.10. The predicted molar refractivity (Wildman–Crippen MR) is 54.5 cm³/mol. The summed E-state index contributed by atoms with van der Waals surface area (Å²) in [5.74, 6) is -1.23. The molecule has 0 spiro atoms. The summed E-state index contributed by atoms with van der Waals surface area (Å²) in [5, 5.41) is 10.7. The number of carbonyl (C=O) groups is 2. The van der Waals surface area contributed by atoms with E-state index in [1.54, 1.807) is 0 Å². The van der Waals surface area contributed by atoms with Gasteiger partial charge in [0.15, 0.2) is 12.0 Å². The van der Waals surface area contributed by atoms with Gasteiger partial charge in [-0.1, -0.05) is 0 Å². The largest absolute Gasteiger partial charge is 0.480 e. The highest BCUT2D eigenvalue weighted by molar-refractivity contribution is 5.87. The highest BCUT2D eigenvalue weighted by Gasteiger charge is 2.14. The third-order valence-corrected chi connectivity index (χ3v) is 1.62. The van der Waals surface area contributed by atoms with Gasteiger partial charge in [-0.05, 0) is 12.8 Å². The minimum atomic E-state index is -1.19. The third kappa shape index (κ3) is 6.28. The van der Waals surface area contributed by atoms with Crippen LogP contribution in [0.5, 0.6) is 0 Å². The van der Waals surface area contributed by atoms with Crippen molar-refractivity contribution < 1.29 is 19.5 Å². The van der Waals surface area contributed by atoms with Gasteiger partial charge in [-0.25, -0.2) is 9.59 Å². The standard InChI is InChI=1S/C8H12N4O4/c9-8(12-5-14)10-3-1-2-6(7(15)16)11-4-13/h5-6H,1-3H2,(H,15,16)(H3,9,10,12,14). The minimum Gasteiger partial charge on any atom is -0.480 e. The Balaban J connectivity index is 3.95. The maximum atomic E-state index is 10.5. The molecule has 8 heteroatoms. The summed E-state index contributed by atoms with van der Waals surface area (Å²) in [7, 11) is 0. The van der Waals surface area contributed by atoms with Crippen molar-refractivity contribution in [1.82, 2.24) is 5.32 Å². The maximum absolute atomic E-state index is 10.5. The Hall–Kier alpha value is -2.21. The third-order valence-electron chi connectivity index (χ3n) is 1.62. The Kier molecular flexibility index (Phi) is 7.00. The zero-order chi connectivity index (χ0) is 12.4. The van der Waals surface area contributed by atoms with Crippen LogP contribution in [-0.2, 0) is 14.4 Å². The van der Waals surface area contributed by atoms with E-state index in [9.17, 15) is 14.4 Å². The van der Waals surface area contributed by atoms with Crippen LogP contribution < -0.4 is 11.1 Å². The van der Waals surface area contributed by atoms with E-state index in [0.717, 1.165) is 0 Å². The van der Waals surface area contributed by atoms with E-state index in [0.29, 0.717) is 12.8 Å². The number of aliphatic carboxylic acids is 1. The molecule has 0 aliphatic heterocycles. The molecule has 0 aromatic carbocycles. The van der Waals surface area contributed by atoms with Gasteiger partial charge in [0.1, 0.15) is 0 Å². The summed E-state index contributed by atoms with van der Waals surface area (Å²) >= 11 is 0. The van der Waals surface area contributed by atoms with Crippen LogP contribution in [0, 0.1) is 0 Å². The number of nitrogens with zero attached hydrogens (tertiary/aromatic N) is 2. The first-order valence-corrected chi connectivity index (χ1v) is 4.41. The number of aliphatic imine (C=N–C) groups is 2. The Morgan fingerprint density at radius 2 is 2.31 bits per heavy atom. The fourth-order valence-electron chi connectivity index (χ4n) is 0.897. The van der Waals surface area contributed by atoms with E-state index in [-0.39, 0.29) is 18.9 Å². The number of rotatable bonds is 7. The average Bonchev–Trinajstić information content (AvgIpc) is 2.22. The van der Waals surface area contributed by atoms with Gasteiger partial charge in [-0.3, -0.25) is 15.1 Å². The molecule has 0 radical (unpaired) electrons. The molecular formula is C8H12N4O4. The molecule has 16 heavy (non-hydrogen) atoms. The summed E-state index contributed by atoms with van der Waals surface area (Å²) in [6.45, 7) is 0.241. The summed E-state index contributed by atoms with van der Waals surface area (Å²) in [5.41, 5.74) is 5.23. The van der Waals surface area contributed by atoms with E-state index in [1.165, 1.54) is 6.08 Å². The minimum absolute atomic E-state index is 0.0410. The Labute approximate surface area is 91.3 Å². The molecule has 0 aromatic rings. The number of carboxylic acids is 1. The van der Waals surface area contributed by atoms with Crippen molar-refractivity contribution >= 4 is 24.4 Å². The molecule has 0 fully saturated rings. The van der Waals surface area contributed by atoms with E-state index in [4.69, 9.17) is 10.8 Å². The van der Waals surface area contributed by atoms with Crippen molar-refractivity contribution in [3.63, 3.8) is 0 Å². The molecule has 4 N–H and O–H groups in total. The van der Waals surface area contributed by atoms with Gasteiger partial charge in [-0.15, -0.1) is 0 Å². The SMILES string of the molecule is NC(=NCCCC(N=C=O)C(=O)O)NC=O. The molecular weight excluding hydrogens is 216 g/mol. The first-order chi connectivity index (χ1) is 7.61. The van der Waals surface area contributed by atoms with Crippen molar-refractivity contribution in [3.8, 4) is 0 Å². The van der Waals surface area contributed by atoms with Crippen molar-refractivity contribution in [1.29, 1.82) is 0 Å². The maximum Gasteiger partial charge on any atom is 0.329 e. The van der Waals surface area contributed by atoms with E-state index < -0.39 is 12.0 Å². The average molecular weight is 228 g/mol. The number of hydrogen-bond donors (Lipinski definition) is 3. The second kappa shape index (κ2) is 8.13. The van der Waals surface area contributed by atoms with Crippen molar-refractivity contribution in [3.05, 3.63) is 0 Å². The van der Waals surface area contributed by atoms with Crippen LogP contribution in [0.4, 0.5) is 0 Å². The van der Waals surface area contributed by atoms with Gasteiger partial charge in [0, 0.05) is 6.54 Å². The van der Waals surface area contributed by atoms with Gasteiger partial charge >= 0.3 is 5.97 Å². The van der Waals surface area contributed by atoms with Crippen molar-refractivity contribution in [2.24, 2.45) is 15.7 Å². The number of hydrogen-bond acceptors (Lipinski definition) is 5. The Morgan fingerprint density at radius 3 is 2.81 bits per heavy atom. The zero-order valence-electron chi connectivity index (χ0n) is 8.42. The van der Waals surface area contributed by atoms with Crippen molar-refractivity contribution in [2.45, 2.75) is 18.9 Å². The first-order valence-electron chi connectivity index (χ1n) is 4.41. The number of carbonyl (C=O) groups excluding carboxylic acids is 2. The lowest BCUT2D eigenvalue weighted by Crippen LogP contribution is -2.30. The van der Waals surface area contributed by atoms with E-state index in [1.807, 2.05) is 0 Å². The molecule has 0 bridgehead atoms. The normalized spacial score (nSPS) is 12.4. The molecule has 0 saturated carbocycles. The number of guanidine groups is 1.